The van der Waals surface area contributed by atoms with Gasteiger partial charge in [0.25, 0.3) is 0 Å². The van der Waals surface area contributed by atoms with Gasteiger partial charge in [0.1, 0.15) is 6.04 Å². The first-order chi connectivity index (χ1) is 6.16. The zero-order valence-electron chi connectivity index (χ0n) is 7.52. The molecule has 0 spiro atoms. The molecule has 0 aliphatic carbocycles. The molecule has 1 amide bonds. The molecule has 74 valence electrons. The molecule has 0 aromatic rings. The number of amides is 1. The summed E-state index contributed by atoms with van der Waals surface area (Å²) >= 11 is 0. The molecule has 5 nitrogen and oxygen atoms in total. The van der Waals surface area contributed by atoms with Crippen LogP contribution in [0.1, 0.15) is 19.3 Å². The molecule has 0 radical (unpaired) electrons. The van der Waals surface area contributed by atoms with Crippen molar-refractivity contribution in [3.05, 3.63) is 0 Å². The van der Waals surface area contributed by atoms with Crippen molar-refractivity contribution in [2.24, 2.45) is 0 Å². The number of methoxy groups -OCH3 is 1. The van der Waals surface area contributed by atoms with Crippen molar-refractivity contribution >= 4 is 12.1 Å². The van der Waals surface area contributed by atoms with Crippen LogP contribution in [0.2, 0.25) is 0 Å². The Kier molecular flexibility index (Phi) is 3.11. The van der Waals surface area contributed by atoms with Crippen LogP contribution in [0.15, 0.2) is 0 Å². The first kappa shape index (κ1) is 9.83. The Morgan fingerprint density at radius 1 is 1.46 bits per heavy atom. The third-order valence-corrected chi connectivity index (χ3v) is 2.22. The molecular formula is C8H13NO4. The number of hydrogen-bond acceptors (Lipinski definition) is 3. The van der Waals surface area contributed by atoms with Crippen molar-refractivity contribution in [1.82, 2.24) is 4.90 Å². The number of hydrogen-bond donors (Lipinski definition) is 1. The van der Waals surface area contributed by atoms with E-state index in [0.717, 1.165) is 17.7 Å². The lowest BCUT2D eigenvalue weighted by atomic mass is 10.0. The van der Waals surface area contributed by atoms with E-state index >= 15 is 0 Å². The van der Waals surface area contributed by atoms with Crippen molar-refractivity contribution < 1.29 is 19.4 Å². The SMILES string of the molecule is COC(=O)[C@@H]1CCCCN1C(=O)O. The van der Waals surface area contributed by atoms with Gasteiger partial charge >= 0.3 is 12.1 Å². The van der Waals surface area contributed by atoms with Gasteiger partial charge in [-0.15, -0.1) is 0 Å². The van der Waals surface area contributed by atoms with Crippen molar-refractivity contribution in [1.29, 1.82) is 0 Å². The maximum Gasteiger partial charge on any atom is 0.408 e. The Bertz CT molecular complexity index is 216. The number of carbonyl (C=O) groups excluding carboxylic acids is 1. The fourth-order valence-electron chi connectivity index (χ4n) is 1.54. The summed E-state index contributed by atoms with van der Waals surface area (Å²) in [5.74, 6) is -0.456. The highest BCUT2D eigenvalue weighted by molar-refractivity contribution is 5.80. The minimum absolute atomic E-state index is 0.426. The Hall–Kier alpha value is -1.26. The molecule has 1 heterocycles. The van der Waals surface area contributed by atoms with E-state index in [0.29, 0.717) is 13.0 Å². The molecule has 0 aromatic heterocycles. The van der Waals surface area contributed by atoms with E-state index in [2.05, 4.69) is 4.74 Å². The molecule has 1 fully saturated rings. The van der Waals surface area contributed by atoms with E-state index in [1.165, 1.54) is 7.11 Å². The molecule has 0 unspecified atom stereocenters. The molecule has 1 rings (SSSR count). The van der Waals surface area contributed by atoms with Gasteiger partial charge in [0, 0.05) is 6.54 Å². The lowest BCUT2D eigenvalue weighted by Crippen LogP contribution is -2.47. The quantitative estimate of drug-likeness (QED) is 0.613. The van der Waals surface area contributed by atoms with Gasteiger partial charge in [-0.2, -0.15) is 0 Å². The standard InChI is InChI=1S/C8H13NO4/c1-13-7(10)6-4-2-3-5-9(6)8(11)12/h6H,2-5H2,1H3,(H,11,12)/t6-/m0/s1. The number of ether oxygens (including phenoxy) is 1. The second-order valence-corrected chi connectivity index (χ2v) is 3.01. The lowest BCUT2D eigenvalue weighted by molar-refractivity contribution is -0.147. The monoisotopic (exact) mass is 187 g/mol. The molecule has 1 N–H and O–H groups in total. The van der Waals surface area contributed by atoms with Crippen molar-refractivity contribution in [2.75, 3.05) is 13.7 Å². The van der Waals surface area contributed by atoms with Crippen LogP contribution in [0, 0.1) is 0 Å². The molecule has 1 aliphatic heterocycles. The van der Waals surface area contributed by atoms with E-state index < -0.39 is 18.1 Å². The zero-order chi connectivity index (χ0) is 9.84. The average Bonchev–Trinajstić information content (AvgIpc) is 2.16. The second-order valence-electron chi connectivity index (χ2n) is 3.01. The normalized spacial score (nSPS) is 22.5. The molecule has 5 heteroatoms. The summed E-state index contributed by atoms with van der Waals surface area (Å²) in [4.78, 5) is 23.0. The second kappa shape index (κ2) is 4.11. The maximum atomic E-state index is 11.2. The summed E-state index contributed by atoms with van der Waals surface area (Å²) in [6, 6.07) is -0.601. The van der Waals surface area contributed by atoms with E-state index in [-0.39, 0.29) is 0 Å². The number of likely N-dealkylation sites (tertiary alicyclic amines) is 1. The largest absolute Gasteiger partial charge is 0.467 e. The zero-order valence-corrected chi connectivity index (χ0v) is 7.52. The summed E-state index contributed by atoms with van der Waals surface area (Å²) in [5, 5.41) is 8.77. The Morgan fingerprint density at radius 3 is 2.69 bits per heavy atom. The van der Waals surface area contributed by atoms with Gasteiger partial charge in [-0.3, -0.25) is 4.90 Å². The Labute approximate surface area is 76.3 Å². The van der Waals surface area contributed by atoms with Gasteiger partial charge in [0.15, 0.2) is 0 Å². The van der Waals surface area contributed by atoms with Crippen molar-refractivity contribution in [3.63, 3.8) is 0 Å². The van der Waals surface area contributed by atoms with Gasteiger partial charge in [-0.1, -0.05) is 0 Å². The minimum atomic E-state index is -1.05. The Balaban J connectivity index is 2.67. The summed E-state index contributed by atoms with van der Waals surface area (Å²) in [5.41, 5.74) is 0. The van der Waals surface area contributed by atoms with Gasteiger partial charge in [-0.05, 0) is 19.3 Å². The average molecular weight is 187 g/mol. The van der Waals surface area contributed by atoms with Crippen LogP contribution in [-0.2, 0) is 9.53 Å². The van der Waals surface area contributed by atoms with Crippen LogP contribution in [0.25, 0.3) is 0 Å². The van der Waals surface area contributed by atoms with E-state index in [1.54, 1.807) is 0 Å². The predicted octanol–water partition coefficient (Wildman–Crippen LogP) is 0.692. The van der Waals surface area contributed by atoms with Crippen molar-refractivity contribution in [3.8, 4) is 0 Å². The molecule has 0 aromatic carbocycles. The fraction of sp³-hybridized carbons (Fsp3) is 0.750. The van der Waals surface area contributed by atoms with Gasteiger partial charge in [0.2, 0.25) is 0 Å². The minimum Gasteiger partial charge on any atom is -0.467 e. The number of piperidine rings is 1. The van der Waals surface area contributed by atoms with Crippen LogP contribution in [-0.4, -0.2) is 41.8 Å². The number of carbonyl (C=O) groups is 2. The van der Waals surface area contributed by atoms with Crippen LogP contribution >= 0.6 is 0 Å². The third kappa shape index (κ3) is 2.11. The maximum absolute atomic E-state index is 11.2. The van der Waals surface area contributed by atoms with E-state index in [1.807, 2.05) is 0 Å². The summed E-state index contributed by atoms with van der Waals surface area (Å²) in [7, 11) is 1.27. The van der Waals surface area contributed by atoms with Crippen LogP contribution in [0.4, 0.5) is 4.79 Å². The van der Waals surface area contributed by atoms with Crippen molar-refractivity contribution in [2.45, 2.75) is 25.3 Å². The van der Waals surface area contributed by atoms with Gasteiger partial charge < -0.3 is 9.84 Å². The summed E-state index contributed by atoms with van der Waals surface area (Å²) in [6.45, 7) is 0.426. The van der Waals surface area contributed by atoms with Gasteiger partial charge in [0.05, 0.1) is 7.11 Å². The summed E-state index contributed by atoms with van der Waals surface area (Å²) in [6.07, 6.45) is 1.22. The van der Waals surface area contributed by atoms with E-state index in [9.17, 15) is 9.59 Å². The first-order valence-electron chi connectivity index (χ1n) is 4.24. The smallest absolute Gasteiger partial charge is 0.408 e. The fourth-order valence-corrected chi connectivity index (χ4v) is 1.54. The molecule has 0 saturated carbocycles. The first-order valence-corrected chi connectivity index (χ1v) is 4.24. The van der Waals surface area contributed by atoms with Gasteiger partial charge in [-0.25, -0.2) is 9.59 Å². The molecular weight excluding hydrogens is 174 g/mol. The van der Waals surface area contributed by atoms with E-state index in [4.69, 9.17) is 5.11 Å². The number of rotatable bonds is 1. The lowest BCUT2D eigenvalue weighted by Gasteiger charge is -2.31. The Morgan fingerprint density at radius 2 is 2.15 bits per heavy atom. The topological polar surface area (TPSA) is 66.8 Å². The molecule has 1 atom stereocenters. The third-order valence-electron chi connectivity index (χ3n) is 2.22. The molecule has 1 aliphatic rings. The molecule has 1 saturated heterocycles. The highest BCUT2D eigenvalue weighted by atomic mass is 16.5. The highest BCUT2D eigenvalue weighted by Crippen LogP contribution is 2.17. The van der Waals surface area contributed by atoms with Crippen LogP contribution < -0.4 is 0 Å². The molecule has 13 heavy (non-hydrogen) atoms. The number of esters is 1. The highest BCUT2D eigenvalue weighted by Gasteiger charge is 2.32. The molecule has 0 bridgehead atoms. The number of carboxylic acid groups (broad SMARTS) is 1. The van der Waals surface area contributed by atoms with Crippen LogP contribution in [0.5, 0.6) is 0 Å². The summed E-state index contributed by atoms with van der Waals surface area (Å²) < 4.78 is 4.53. The predicted molar refractivity (Wildman–Crippen MR) is 44.4 cm³/mol. The number of nitrogens with zero attached hydrogens (tertiary/aromatic N) is 1. The van der Waals surface area contributed by atoms with Crippen LogP contribution in [0.3, 0.4) is 0 Å².